The van der Waals surface area contributed by atoms with Gasteiger partial charge in [0.15, 0.2) is 12.4 Å². The lowest BCUT2D eigenvalue weighted by molar-refractivity contribution is -0.137. The summed E-state index contributed by atoms with van der Waals surface area (Å²) in [5.74, 6) is -0.992. The Hall–Kier alpha value is -3.03. The van der Waals surface area contributed by atoms with Crippen molar-refractivity contribution in [3.8, 4) is 5.75 Å². The Labute approximate surface area is 185 Å². The van der Waals surface area contributed by atoms with Gasteiger partial charge >= 0.3 is 6.18 Å². The van der Waals surface area contributed by atoms with E-state index >= 15 is 0 Å². The Bertz CT molecular complexity index is 1120. The molecule has 4 nitrogen and oxygen atoms in total. The van der Waals surface area contributed by atoms with Crippen molar-refractivity contribution in [2.75, 3.05) is 11.9 Å². The quantitative estimate of drug-likeness (QED) is 0.419. The summed E-state index contributed by atoms with van der Waals surface area (Å²) >= 11 is 11.7. The van der Waals surface area contributed by atoms with Gasteiger partial charge in [-0.15, -0.1) is 0 Å². The number of benzene rings is 3. The number of anilines is 1. The number of carbonyl (C=O) groups is 2. The second-order valence-corrected chi connectivity index (χ2v) is 7.21. The molecule has 3 rings (SSSR count). The molecule has 1 N–H and O–H groups in total. The first kappa shape index (κ1) is 22.7. The van der Waals surface area contributed by atoms with Gasteiger partial charge in [0.2, 0.25) is 0 Å². The minimum absolute atomic E-state index is 0.0277. The van der Waals surface area contributed by atoms with Crippen LogP contribution in [0.25, 0.3) is 0 Å². The van der Waals surface area contributed by atoms with Crippen LogP contribution in [0.1, 0.15) is 26.3 Å². The molecule has 0 bridgehead atoms. The van der Waals surface area contributed by atoms with E-state index in [1.165, 1.54) is 12.1 Å². The largest absolute Gasteiger partial charge is 0.485 e. The number of hydrogen-bond acceptors (Lipinski definition) is 3. The maximum absolute atomic E-state index is 12.9. The van der Waals surface area contributed by atoms with E-state index in [2.05, 4.69) is 5.32 Å². The lowest BCUT2D eigenvalue weighted by Gasteiger charge is -2.14. The molecule has 0 heterocycles. The topological polar surface area (TPSA) is 55.4 Å². The third-order valence-electron chi connectivity index (χ3n) is 4.20. The molecule has 1 amide bonds. The van der Waals surface area contributed by atoms with Gasteiger partial charge in [0.25, 0.3) is 5.91 Å². The summed E-state index contributed by atoms with van der Waals surface area (Å²) in [7, 11) is 0. The van der Waals surface area contributed by atoms with Crippen molar-refractivity contribution in [3.05, 3.63) is 93.5 Å². The fourth-order valence-corrected chi connectivity index (χ4v) is 2.92. The van der Waals surface area contributed by atoms with E-state index in [-0.39, 0.29) is 34.4 Å². The molecular weight excluding hydrogens is 454 g/mol. The smallest absolute Gasteiger partial charge is 0.416 e. The van der Waals surface area contributed by atoms with Crippen molar-refractivity contribution < 1.29 is 27.5 Å². The van der Waals surface area contributed by atoms with Crippen LogP contribution in [0.2, 0.25) is 10.0 Å². The average molecular weight is 468 g/mol. The molecule has 31 heavy (non-hydrogen) atoms. The van der Waals surface area contributed by atoms with E-state index in [4.69, 9.17) is 27.9 Å². The normalized spacial score (nSPS) is 11.1. The second kappa shape index (κ2) is 9.41. The van der Waals surface area contributed by atoms with Gasteiger partial charge in [-0.25, -0.2) is 0 Å². The molecule has 0 fully saturated rings. The molecule has 0 unspecified atom stereocenters. The van der Waals surface area contributed by atoms with Crippen molar-refractivity contribution in [2.45, 2.75) is 6.18 Å². The highest BCUT2D eigenvalue weighted by molar-refractivity contribution is 6.34. The van der Waals surface area contributed by atoms with E-state index in [1.54, 1.807) is 36.4 Å². The second-order valence-electron chi connectivity index (χ2n) is 6.36. The van der Waals surface area contributed by atoms with E-state index in [9.17, 15) is 22.8 Å². The molecule has 0 atom stereocenters. The van der Waals surface area contributed by atoms with Crippen molar-refractivity contribution in [2.24, 2.45) is 0 Å². The molecule has 0 spiro atoms. The minimum atomic E-state index is -4.59. The van der Waals surface area contributed by atoms with Gasteiger partial charge in [0, 0.05) is 10.6 Å². The summed E-state index contributed by atoms with van der Waals surface area (Å²) in [6, 6.07) is 14.9. The number of carbonyl (C=O) groups excluding carboxylic acids is 2. The third kappa shape index (κ3) is 5.77. The van der Waals surface area contributed by atoms with Gasteiger partial charge in [0.05, 0.1) is 21.8 Å². The van der Waals surface area contributed by atoms with Gasteiger partial charge in [-0.1, -0.05) is 35.3 Å². The summed E-state index contributed by atoms with van der Waals surface area (Å²) in [4.78, 5) is 25.0. The molecule has 0 aliphatic heterocycles. The van der Waals surface area contributed by atoms with E-state index in [1.807, 2.05) is 0 Å². The number of halogens is 5. The summed E-state index contributed by atoms with van der Waals surface area (Å²) < 4.78 is 44.3. The predicted molar refractivity (Wildman–Crippen MR) is 112 cm³/mol. The zero-order valence-corrected chi connectivity index (χ0v) is 17.2. The first-order chi connectivity index (χ1) is 14.6. The maximum atomic E-state index is 12.9. The number of hydrogen-bond donors (Lipinski definition) is 1. The van der Waals surface area contributed by atoms with E-state index in [0.29, 0.717) is 10.6 Å². The maximum Gasteiger partial charge on any atom is 0.416 e. The van der Waals surface area contributed by atoms with Crippen molar-refractivity contribution in [1.82, 2.24) is 0 Å². The fraction of sp³-hybridized carbons (Fsp3) is 0.0909. The minimum Gasteiger partial charge on any atom is -0.485 e. The van der Waals surface area contributed by atoms with Crippen LogP contribution in [0, 0.1) is 0 Å². The van der Waals surface area contributed by atoms with Crippen LogP contribution in [-0.4, -0.2) is 18.3 Å². The Kier molecular flexibility index (Phi) is 6.87. The number of ether oxygens (including phenoxy) is 1. The lowest BCUT2D eigenvalue weighted by atomic mass is 10.1. The molecule has 3 aromatic rings. The number of amides is 1. The van der Waals surface area contributed by atoms with Crippen LogP contribution in [0.5, 0.6) is 5.75 Å². The fourth-order valence-electron chi connectivity index (χ4n) is 2.63. The van der Waals surface area contributed by atoms with Crippen LogP contribution in [0.3, 0.4) is 0 Å². The number of para-hydroxylation sites is 1. The summed E-state index contributed by atoms with van der Waals surface area (Å²) in [5.41, 5.74) is -0.749. The van der Waals surface area contributed by atoms with Crippen LogP contribution in [-0.2, 0) is 6.18 Å². The van der Waals surface area contributed by atoms with E-state index in [0.717, 1.165) is 18.2 Å². The van der Waals surface area contributed by atoms with Crippen LogP contribution >= 0.6 is 23.2 Å². The third-order valence-corrected chi connectivity index (χ3v) is 4.78. The molecule has 3 aromatic carbocycles. The monoisotopic (exact) mass is 467 g/mol. The number of Topliss-reactive ketones (excluding diaryl/α,β-unsaturated/α-hetero) is 1. The Morgan fingerprint density at radius 2 is 1.61 bits per heavy atom. The van der Waals surface area contributed by atoms with Gasteiger partial charge in [-0.2, -0.15) is 13.2 Å². The van der Waals surface area contributed by atoms with Crippen molar-refractivity contribution in [3.63, 3.8) is 0 Å². The van der Waals surface area contributed by atoms with Crippen LogP contribution < -0.4 is 10.1 Å². The van der Waals surface area contributed by atoms with Crippen molar-refractivity contribution in [1.29, 1.82) is 0 Å². The summed E-state index contributed by atoms with van der Waals surface area (Å²) in [6.45, 7) is -0.351. The molecule has 0 saturated carbocycles. The lowest BCUT2D eigenvalue weighted by Crippen LogP contribution is -2.17. The molecule has 0 aliphatic rings. The number of alkyl halides is 3. The SMILES string of the molecule is O=C(COc1ccccc1C(=O)Nc1cc(C(F)(F)F)ccc1Cl)c1ccc(Cl)cc1. The van der Waals surface area contributed by atoms with Gasteiger partial charge in [-0.05, 0) is 54.6 Å². The Balaban J connectivity index is 1.76. The van der Waals surface area contributed by atoms with Gasteiger partial charge in [-0.3, -0.25) is 9.59 Å². The standard InChI is InChI=1S/C22H14Cl2F3NO3/c23-15-8-5-13(6-9-15)19(29)12-31-20-4-2-1-3-16(20)21(30)28-18-11-14(22(25,26)27)7-10-17(18)24/h1-11H,12H2,(H,28,30). The highest BCUT2D eigenvalue weighted by atomic mass is 35.5. The molecule has 0 saturated heterocycles. The molecule has 160 valence electrons. The number of nitrogens with one attached hydrogen (secondary N) is 1. The molecule has 9 heteroatoms. The van der Waals surface area contributed by atoms with Gasteiger partial charge in [0.1, 0.15) is 5.75 Å². The Morgan fingerprint density at radius 3 is 2.29 bits per heavy atom. The first-order valence-electron chi connectivity index (χ1n) is 8.84. The molecule has 0 radical (unpaired) electrons. The zero-order valence-electron chi connectivity index (χ0n) is 15.7. The average Bonchev–Trinajstić information content (AvgIpc) is 2.73. The van der Waals surface area contributed by atoms with E-state index < -0.39 is 17.6 Å². The number of rotatable bonds is 6. The van der Waals surface area contributed by atoms with Crippen LogP contribution in [0.4, 0.5) is 18.9 Å². The highest BCUT2D eigenvalue weighted by Crippen LogP contribution is 2.34. The molecule has 0 aliphatic carbocycles. The summed E-state index contributed by atoms with van der Waals surface area (Å²) in [6.07, 6.45) is -4.59. The van der Waals surface area contributed by atoms with Crippen molar-refractivity contribution >= 4 is 40.6 Å². The molecule has 0 aromatic heterocycles. The number of ketones is 1. The van der Waals surface area contributed by atoms with Crippen LogP contribution in [0.15, 0.2) is 66.7 Å². The summed E-state index contributed by atoms with van der Waals surface area (Å²) in [5, 5.41) is 2.78. The zero-order chi connectivity index (χ0) is 22.6. The highest BCUT2D eigenvalue weighted by Gasteiger charge is 2.31. The Morgan fingerprint density at radius 1 is 0.935 bits per heavy atom. The predicted octanol–water partition coefficient (Wildman–Crippen LogP) is 6.53. The first-order valence-corrected chi connectivity index (χ1v) is 9.59. The molecular formula is C22H14Cl2F3NO3. The van der Waals surface area contributed by atoms with Gasteiger partial charge < -0.3 is 10.1 Å².